The number of amides is 1. The summed E-state index contributed by atoms with van der Waals surface area (Å²) in [5.41, 5.74) is 1.77. The zero-order valence-corrected chi connectivity index (χ0v) is 17.5. The highest BCUT2D eigenvalue weighted by Crippen LogP contribution is 2.35. The number of carbonyl (C=O) groups is 1. The molecular weight excluding hydrogens is 413 g/mol. The van der Waals surface area contributed by atoms with Gasteiger partial charge >= 0.3 is 0 Å². The van der Waals surface area contributed by atoms with Crippen molar-refractivity contribution >= 4 is 23.2 Å². The molecule has 158 valence electrons. The molecule has 0 aliphatic carbocycles. The van der Waals surface area contributed by atoms with E-state index in [0.717, 1.165) is 0 Å². The molecule has 3 rings (SSSR count). The molecule has 2 aromatic carbocycles. The number of aryl methyl sites for hydroxylation is 1. The second kappa shape index (κ2) is 9.04. The Morgan fingerprint density at radius 3 is 2.47 bits per heavy atom. The number of rotatable bonds is 7. The van der Waals surface area contributed by atoms with Crippen molar-refractivity contribution in [3.05, 3.63) is 68.8 Å². The van der Waals surface area contributed by atoms with E-state index in [1.165, 1.54) is 43.2 Å². The summed E-state index contributed by atoms with van der Waals surface area (Å²) in [6.45, 7) is 1.75. The van der Waals surface area contributed by atoms with Crippen molar-refractivity contribution in [1.82, 2.24) is 9.78 Å². The van der Waals surface area contributed by atoms with Gasteiger partial charge in [-0.3, -0.25) is 14.7 Å². The molecule has 2 N–H and O–H groups in total. The number of methoxy groups -OCH3 is 2. The molecule has 0 aliphatic rings. The van der Waals surface area contributed by atoms with Crippen molar-refractivity contribution in [2.24, 2.45) is 0 Å². The van der Waals surface area contributed by atoms with Gasteiger partial charge in [-0.05, 0) is 37.6 Å². The van der Waals surface area contributed by atoms with Gasteiger partial charge in [0, 0.05) is 29.8 Å². The first-order chi connectivity index (χ1) is 14.3. The van der Waals surface area contributed by atoms with Crippen LogP contribution in [0.5, 0.6) is 11.5 Å². The predicted molar refractivity (Wildman–Crippen MR) is 113 cm³/mol. The monoisotopic (exact) mass is 433 g/mol. The summed E-state index contributed by atoms with van der Waals surface area (Å²) < 4.78 is 24.9. The van der Waals surface area contributed by atoms with E-state index < -0.39 is 0 Å². The van der Waals surface area contributed by atoms with Gasteiger partial charge in [-0.15, -0.1) is 0 Å². The van der Waals surface area contributed by atoms with Crippen LogP contribution in [-0.4, -0.2) is 29.9 Å². The molecule has 3 aromatic rings. The Kier molecular flexibility index (Phi) is 6.47. The maximum absolute atomic E-state index is 13.1. The van der Waals surface area contributed by atoms with E-state index in [0.29, 0.717) is 39.2 Å². The number of hydrogen-bond donors (Lipinski definition) is 2. The molecule has 0 aliphatic heterocycles. The number of ether oxygens (including phenoxy) is 2. The molecule has 1 aromatic heterocycles. The lowest BCUT2D eigenvalue weighted by atomic mass is 10.1. The first-order valence-corrected chi connectivity index (χ1v) is 9.49. The van der Waals surface area contributed by atoms with Gasteiger partial charge in [0.15, 0.2) is 0 Å². The minimum atomic E-state index is -0.388. The molecule has 0 atom stereocenters. The van der Waals surface area contributed by atoms with Crippen LogP contribution < -0.4 is 20.3 Å². The zero-order chi connectivity index (χ0) is 21.8. The summed E-state index contributed by atoms with van der Waals surface area (Å²) in [5, 5.41) is 6.07. The van der Waals surface area contributed by atoms with Crippen LogP contribution in [-0.2, 0) is 11.2 Å². The number of anilines is 1. The van der Waals surface area contributed by atoms with E-state index in [4.69, 9.17) is 21.1 Å². The van der Waals surface area contributed by atoms with Crippen LogP contribution in [0, 0.1) is 12.7 Å². The number of hydrogen-bond acceptors (Lipinski definition) is 4. The van der Waals surface area contributed by atoms with Crippen molar-refractivity contribution < 1.29 is 18.7 Å². The highest BCUT2D eigenvalue weighted by molar-refractivity contribution is 6.32. The number of halogens is 2. The van der Waals surface area contributed by atoms with E-state index in [2.05, 4.69) is 10.4 Å². The quantitative estimate of drug-likeness (QED) is 0.592. The van der Waals surface area contributed by atoms with Crippen molar-refractivity contribution in [2.45, 2.75) is 19.8 Å². The zero-order valence-electron chi connectivity index (χ0n) is 16.7. The lowest BCUT2D eigenvalue weighted by molar-refractivity contribution is -0.116. The summed E-state index contributed by atoms with van der Waals surface area (Å²) in [6.07, 6.45) is 0.305. The van der Waals surface area contributed by atoms with Crippen LogP contribution in [0.1, 0.15) is 17.7 Å². The summed E-state index contributed by atoms with van der Waals surface area (Å²) in [6, 6.07) is 8.68. The number of aromatic nitrogens is 2. The van der Waals surface area contributed by atoms with Crippen molar-refractivity contribution in [2.75, 3.05) is 19.5 Å². The van der Waals surface area contributed by atoms with Crippen molar-refractivity contribution in [3.8, 4) is 17.2 Å². The van der Waals surface area contributed by atoms with Gasteiger partial charge in [-0.2, -0.15) is 0 Å². The molecule has 9 heteroatoms. The first kappa shape index (κ1) is 21.4. The Labute approximate surface area is 177 Å². The number of nitrogens with zero attached hydrogens (tertiary/aromatic N) is 1. The lowest BCUT2D eigenvalue weighted by Gasteiger charge is -2.13. The van der Waals surface area contributed by atoms with Crippen LogP contribution in [0.3, 0.4) is 0 Å². The maximum Gasteiger partial charge on any atom is 0.274 e. The molecule has 30 heavy (non-hydrogen) atoms. The average Bonchev–Trinajstić information content (AvgIpc) is 3.01. The predicted octanol–water partition coefficient (Wildman–Crippen LogP) is 3.86. The van der Waals surface area contributed by atoms with Crippen LogP contribution in [0.25, 0.3) is 5.69 Å². The Balaban J connectivity index is 1.74. The molecule has 0 saturated heterocycles. The van der Waals surface area contributed by atoms with Gasteiger partial charge in [-0.25, -0.2) is 9.07 Å². The van der Waals surface area contributed by atoms with E-state index >= 15 is 0 Å². The summed E-state index contributed by atoms with van der Waals surface area (Å²) in [7, 11) is 2.94. The number of H-pyrrole nitrogens is 1. The molecule has 1 amide bonds. The molecule has 0 fully saturated rings. The van der Waals surface area contributed by atoms with E-state index in [1.807, 2.05) is 0 Å². The average molecular weight is 434 g/mol. The van der Waals surface area contributed by atoms with Crippen LogP contribution in [0.2, 0.25) is 5.02 Å². The molecule has 0 unspecified atom stereocenters. The van der Waals surface area contributed by atoms with Gasteiger partial charge in [0.05, 0.1) is 30.6 Å². The molecule has 0 bridgehead atoms. The first-order valence-electron chi connectivity index (χ1n) is 9.11. The second-order valence-electron chi connectivity index (χ2n) is 6.57. The summed E-state index contributed by atoms with van der Waals surface area (Å²) in [4.78, 5) is 25.2. The standard InChI is InChI=1S/C21H21ClFN3O4/c1-12-15(21(28)26(25-12)14-6-4-13(23)5-7-14)8-9-20(27)24-17-11-18(29-2)16(22)10-19(17)30-3/h4-7,10-11,25H,8-9H2,1-3H3,(H,24,27). The van der Waals surface area contributed by atoms with Gasteiger partial charge in [-0.1, -0.05) is 11.6 Å². The Bertz CT molecular complexity index is 1120. The van der Waals surface area contributed by atoms with Gasteiger partial charge in [0.25, 0.3) is 5.56 Å². The van der Waals surface area contributed by atoms with Crippen LogP contribution >= 0.6 is 11.6 Å². The Hall–Kier alpha value is -3.26. The lowest BCUT2D eigenvalue weighted by Crippen LogP contribution is -2.19. The van der Waals surface area contributed by atoms with Crippen LogP contribution in [0.15, 0.2) is 41.2 Å². The third kappa shape index (κ3) is 4.49. The summed E-state index contributed by atoms with van der Waals surface area (Å²) in [5.74, 6) is 0.106. The fourth-order valence-corrected chi connectivity index (χ4v) is 3.29. The molecule has 0 radical (unpaired) electrons. The SMILES string of the molecule is COc1cc(NC(=O)CCc2c(C)[nH]n(-c3ccc(F)cc3)c2=O)c(OC)cc1Cl. The minimum Gasteiger partial charge on any atom is -0.495 e. The van der Waals surface area contributed by atoms with E-state index in [1.54, 1.807) is 19.1 Å². The second-order valence-corrected chi connectivity index (χ2v) is 6.97. The fourth-order valence-electron chi connectivity index (χ4n) is 3.06. The molecule has 0 spiro atoms. The third-order valence-corrected chi connectivity index (χ3v) is 4.92. The van der Waals surface area contributed by atoms with Crippen molar-refractivity contribution in [3.63, 3.8) is 0 Å². The summed E-state index contributed by atoms with van der Waals surface area (Å²) >= 11 is 6.08. The molecule has 0 saturated carbocycles. The van der Waals surface area contributed by atoms with Gasteiger partial charge in [0.2, 0.25) is 5.91 Å². The maximum atomic E-state index is 13.1. The van der Waals surface area contributed by atoms with Gasteiger partial charge in [0.1, 0.15) is 17.3 Å². The highest BCUT2D eigenvalue weighted by atomic mass is 35.5. The van der Waals surface area contributed by atoms with Crippen LogP contribution in [0.4, 0.5) is 10.1 Å². The molecule has 1 heterocycles. The van der Waals surface area contributed by atoms with Gasteiger partial charge < -0.3 is 14.8 Å². The number of aromatic amines is 1. The van der Waals surface area contributed by atoms with Crippen molar-refractivity contribution in [1.29, 1.82) is 0 Å². The minimum absolute atomic E-state index is 0.0748. The smallest absolute Gasteiger partial charge is 0.274 e. The third-order valence-electron chi connectivity index (χ3n) is 4.63. The fraction of sp³-hybridized carbons (Fsp3) is 0.238. The Morgan fingerprint density at radius 2 is 1.83 bits per heavy atom. The van der Waals surface area contributed by atoms with E-state index in [-0.39, 0.29) is 30.1 Å². The number of nitrogens with one attached hydrogen (secondary N) is 2. The highest BCUT2D eigenvalue weighted by Gasteiger charge is 2.16. The normalized spacial score (nSPS) is 10.7. The molecule has 7 nitrogen and oxygen atoms in total. The largest absolute Gasteiger partial charge is 0.495 e. The Morgan fingerprint density at radius 1 is 1.17 bits per heavy atom. The topological polar surface area (TPSA) is 85.4 Å². The molecular formula is C21H21ClFN3O4. The number of benzene rings is 2. The number of carbonyl (C=O) groups excluding carboxylic acids is 1. The van der Waals surface area contributed by atoms with E-state index in [9.17, 15) is 14.0 Å².